The van der Waals surface area contributed by atoms with E-state index in [9.17, 15) is 20.1 Å². The summed E-state index contributed by atoms with van der Waals surface area (Å²) in [7, 11) is 3.71. The maximum Gasteiger partial charge on any atom is 0.225 e. The molecule has 0 spiro atoms. The highest BCUT2D eigenvalue weighted by atomic mass is 16.7. The molecule has 4 fully saturated rings. The lowest BCUT2D eigenvalue weighted by atomic mass is 9.75. The number of carbonyl (C=O) groups excluding carboxylic acids is 1. The Kier molecular flexibility index (Phi) is 14.4. The third-order valence-corrected chi connectivity index (χ3v) is 13.1. The number of hydrogen-bond acceptors (Lipinski definition) is 11. The van der Waals surface area contributed by atoms with Gasteiger partial charge in [0.1, 0.15) is 11.7 Å². The van der Waals surface area contributed by atoms with Crippen molar-refractivity contribution < 1.29 is 48.5 Å². The number of methoxy groups -OCH3 is 1. The minimum atomic E-state index is -1.64. The summed E-state index contributed by atoms with van der Waals surface area (Å²) < 4.78 is 39.7. The summed E-state index contributed by atoms with van der Waals surface area (Å²) in [6.07, 6.45) is -2.47. The van der Waals surface area contributed by atoms with Crippen LogP contribution in [0.3, 0.4) is 0 Å². The number of fused-ring (bicyclic) bond motifs is 2. The Bertz CT molecular complexity index is 1180. The molecular weight excluding hydrogens is 668 g/mol. The fourth-order valence-corrected chi connectivity index (χ4v) is 9.80. The van der Waals surface area contributed by atoms with E-state index in [1.807, 2.05) is 62.4 Å². The Hall–Kier alpha value is -0.930. The molecule has 18 atom stereocenters. The van der Waals surface area contributed by atoms with E-state index in [-0.39, 0.29) is 36.1 Å². The van der Waals surface area contributed by atoms with Gasteiger partial charge >= 0.3 is 0 Å². The summed E-state index contributed by atoms with van der Waals surface area (Å²) in [6, 6.07) is -0.723. The highest BCUT2D eigenvalue weighted by Crippen LogP contribution is 2.47. The predicted octanol–water partition coefficient (Wildman–Crippen LogP) is 4.39. The lowest BCUT2D eigenvalue weighted by Crippen LogP contribution is -2.61. The predicted molar refractivity (Wildman–Crippen MR) is 198 cm³/mol. The molecule has 0 unspecified atom stereocenters. The Morgan fingerprint density at radius 1 is 0.962 bits per heavy atom. The molecule has 0 aromatic heterocycles. The van der Waals surface area contributed by atoms with E-state index in [0.717, 1.165) is 0 Å². The first-order chi connectivity index (χ1) is 24.1. The molecule has 0 aliphatic carbocycles. The number of likely N-dealkylation sites (N-methyl/N-ethyl adjacent to an activating group) is 1. The normalized spacial score (nSPS) is 49.7. The van der Waals surface area contributed by atoms with Crippen LogP contribution >= 0.6 is 0 Å². The zero-order valence-corrected chi connectivity index (χ0v) is 34.6. The molecule has 4 heterocycles. The van der Waals surface area contributed by atoms with Crippen molar-refractivity contribution in [2.45, 2.75) is 212 Å². The molecule has 12 heteroatoms. The second kappa shape index (κ2) is 17.1. The van der Waals surface area contributed by atoms with Crippen LogP contribution in [0, 0.1) is 23.7 Å². The molecule has 0 aromatic rings. The molecule has 52 heavy (non-hydrogen) atoms. The molecule has 4 saturated heterocycles. The van der Waals surface area contributed by atoms with Crippen LogP contribution < -0.4 is 5.32 Å². The van der Waals surface area contributed by atoms with Crippen LogP contribution in [0.2, 0.25) is 0 Å². The molecule has 4 N–H and O–H groups in total. The van der Waals surface area contributed by atoms with Crippen LogP contribution in [-0.4, -0.2) is 131 Å². The van der Waals surface area contributed by atoms with Gasteiger partial charge in [0, 0.05) is 43.9 Å². The van der Waals surface area contributed by atoms with Gasteiger partial charge in [-0.25, -0.2) is 0 Å². The van der Waals surface area contributed by atoms with Gasteiger partial charge < -0.3 is 49.1 Å². The first-order valence-corrected chi connectivity index (χ1v) is 20.0. The van der Waals surface area contributed by atoms with Crippen molar-refractivity contribution in [3.8, 4) is 0 Å². The fraction of sp³-hybridized carbons (Fsp3) is 0.975. The van der Waals surface area contributed by atoms with Gasteiger partial charge in [-0.15, -0.1) is 0 Å². The van der Waals surface area contributed by atoms with E-state index >= 15 is 0 Å². The minimum absolute atomic E-state index is 0.0106. The van der Waals surface area contributed by atoms with Crippen molar-refractivity contribution in [2.75, 3.05) is 14.2 Å². The van der Waals surface area contributed by atoms with Crippen LogP contribution in [0.5, 0.6) is 0 Å². The van der Waals surface area contributed by atoms with E-state index in [1.54, 1.807) is 14.0 Å². The standard InChI is InChI=1S/C40H74N2O10/c1-15-16-29-40(12,46)34(44)25(7)32-22(4)18-39(11,52-32)35(51-37-31(43)28(17-23(5)49-37)42(13)21(2)3)26(8)33(27(9)36(45)41-29)50-30-20-38(10,47-14)19-24(6)48-30/h21-35,37,43-44,46H,15-20H2,1-14H3,(H,41,45)/t22-,23-,24+,25-,26+,27-,28+,29+,30+,31-,32-,33+,34-,35-,37+,38+,39-,40-/m1/s1. The van der Waals surface area contributed by atoms with E-state index < -0.39 is 83.7 Å². The molecule has 0 saturated carbocycles. The smallest absolute Gasteiger partial charge is 0.225 e. The first-order valence-electron chi connectivity index (χ1n) is 20.0. The number of hydrogen-bond donors (Lipinski definition) is 4. The Morgan fingerprint density at radius 3 is 2.21 bits per heavy atom. The van der Waals surface area contributed by atoms with Crippen LogP contribution in [-0.2, 0) is 33.2 Å². The lowest BCUT2D eigenvalue weighted by molar-refractivity contribution is -0.312. The maximum atomic E-state index is 14.4. The van der Waals surface area contributed by atoms with Crippen LogP contribution in [0.4, 0.5) is 0 Å². The maximum absolute atomic E-state index is 14.4. The molecule has 2 bridgehead atoms. The number of rotatable bonds is 9. The lowest BCUT2D eigenvalue weighted by Gasteiger charge is -2.48. The zero-order valence-electron chi connectivity index (χ0n) is 34.6. The van der Waals surface area contributed by atoms with Crippen molar-refractivity contribution in [3.63, 3.8) is 0 Å². The van der Waals surface area contributed by atoms with Crippen molar-refractivity contribution in [1.82, 2.24) is 10.2 Å². The van der Waals surface area contributed by atoms with E-state index in [1.165, 1.54) is 0 Å². The topological polar surface area (TPSA) is 148 Å². The number of nitrogens with one attached hydrogen (secondary N) is 1. The van der Waals surface area contributed by atoms with Crippen molar-refractivity contribution in [3.05, 3.63) is 0 Å². The Balaban J connectivity index is 1.84. The number of carbonyl (C=O) groups is 1. The summed E-state index contributed by atoms with van der Waals surface area (Å²) >= 11 is 0. The van der Waals surface area contributed by atoms with Gasteiger partial charge in [0.15, 0.2) is 12.6 Å². The van der Waals surface area contributed by atoms with Gasteiger partial charge in [-0.3, -0.25) is 9.69 Å². The fourth-order valence-electron chi connectivity index (χ4n) is 9.80. The zero-order chi connectivity index (χ0) is 39.1. The van der Waals surface area contributed by atoms with Gasteiger partial charge in [0.05, 0.1) is 59.8 Å². The van der Waals surface area contributed by atoms with E-state index in [0.29, 0.717) is 38.5 Å². The van der Waals surface area contributed by atoms with Crippen LogP contribution in [0.1, 0.15) is 122 Å². The van der Waals surface area contributed by atoms with Gasteiger partial charge in [0.2, 0.25) is 5.91 Å². The van der Waals surface area contributed by atoms with E-state index in [4.69, 9.17) is 28.4 Å². The van der Waals surface area contributed by atoms with Crippen LogP contribution in [0.25, 0.3) is 0 Å². The molecule has 304 valence electrons. The SMILES string of the molecule is CCC[C@@H]1NC(=O)[C@H](C)[C@@H](O[C@H]2C[C@@](C)(OC)C[C@H](C)O2)[C@H](C)[C@@H](O[C@@H]2O[C@H](C)C[C@H](N(C)C(C)C)[C@H]2O)[C@@]2(C)C[C@@H](C)[C@@H](O2)[C@@H](C)[C@@H](O)[C@]1(C)O. The minimum Gasteiger partial charge on any atom is -0.390 e. The quantitative estimate of drug-likeness (QED) is 0.267. The monoisotopic (exact) mass is 743 g/mol. The van der Waals surface area contributed by atoms with Gasteiger partial charge in [-0.05, 0) is 80.7 Å². The summed E-state index contributed by atoms with van der Waals surface area (Å²) in [6.45, 7) is 23.7. The van der Waals surface area contributed by atoms with Crippen molar-refractivity contribution >= 4 is 5.91 Å². The number of aliphatic hydroxyl groups is 3. The summed E-state index contributed by atoms with van der Waals surface area (Å²) in [4.78, 5) is 16.6. The Labute approximate surface area is 313 Å². The highest BCUT2D eigenvalue weighted by Gasteiger charge is 2.57. The first kappa shape index (κ1) is 43.8. The average molecular weight is 743 g/mol. The van der Waals surface area contributed by atoms with Crippen molar-refractivity contribution in [2.24, 2.45) is 23.7 Å². The third-order valence-electron chi connectivity index (χ3n) is 13.1. The van der Waals surface area contributed by atoms with E-state index in [2.05, 4.69) is 31.0 Å². The molecule has 1 amide bonds. The molecular formula is C40H74N2O10. The second-order valence-electron chi connectivity index (χ2n) is 18.1. The summed E-state index contributed by atoms with van der Waals surface area (Å²) in [5.41, 5.74) is -3.07. The number of nitrogens with zero attached hydrogens (tertiary/aromatic N) is 1. The number of amides is 1. The highest BCUT2D eigenvalue weighted by molar-refractivity contribution is 5.79. The largest absolute Gasteiger partial charge is 0.390 e. The Morgan fingerprint density at radius 2 is 1.62 bits per heavy atom. The molecule has 4 aliphatic rings. The molecule has 0 radical (unpaired) electrons. The average Bonchev–Trinajstić information content (AvgIpc) is 3.38. The molecule has 0 aromatic carbocycles. The van der Waals surface area contributed by atoms with Gasteiger partial charge in [-0.2, -0.15) is 0 Å². The summed E-state index contributed by atoms with van der Waals surface area (Å²) in [5.74, 6) is -2.02. The molecule has 12 nitrogen and oxygen atoms in total. The number of ether oxygens (including phenoxy) is 6. The molecule has 4 rings (SSSR count). The summed E-state index contributed by atoms with van der Waals surface area (Å²) in [5, 5.41) is 38.8. The van der Waals surface area contributed by atoms with Gasteiger partial charge in [0.25, 0.3) is 0 Å². The third kappa shape index (κ3) is 9.19. The van der Waals surface area contributed by atoms with Crippen LogP contribution in [0.15, 0.2) is 0 Å². The molecule has 4 aliphatic heterocycles. The van der Waals surface area contributed by atoms with Crippen molar-refractivity contribution in [1.29, 1.82) is 0 Å². The van der Waals surface area contributed by atoms with Gasteiger partial charge in [-0.1, -0.05) is 41.0 Å². The number of aliphatic hydroxyl groups excluding tert-OH is 2. The second-order valence-corrected chi connectivity index (χ2v) is 18.1.